The Kier molecular flexibility index (Phi) is 2.45. The lowest BCUT2D eigenvalue weighted by molar-refractivity contribution is 0.466. The van der Waals surface area contributed by atoms with E-state index < -0.39 is 0 Å². The molecule has 0 radical (unpaired) electrons. The molecule has 1 aliphatic heterocycles. The minimum absolute atomic E-state index is 0.683. The Bertz CT molecular complexity index is 317. The van der Waals surface area contributed by atoms with Gasteiger partial charge in [0.05, 0.1) is 5.69 Å². The summed E-state index contributed by atoms with van der Waals surface area (Å²) in [5.74, 6) is 1.86. The van der Waals surface area contributed by atoms with Crippen molar-refractivity contribution in [3.63, 3.8) is 0 Å². The van der Waals surface area contributed by atoms with Crippen molar-refractivity contribution in [2.75, 3.05) is 0 Å². The summed E-state index contributed by atoms with van der Waals surface area (Å²) in [5, 5.41) is 0.889. The van der Waals surface area contributed by atoms with E-state index in [0.717, 1.165) is 11.9 Å². The van der Waals surface area contributed by atoms with Crippen LogP contribution in [0.2, 0.25) is 0 Å². The lowest BCUT2D eigenvalue weighted by atomic mass is 9.97. The van der Waals surface area contributed by atoms with Crippen LogP contribution in [-0.2, 0) is 11.9 Å². The predicted molar refractivity (Wildman–Crippen MR) is 57.2 cm³/mol. The van der Waals surface area contributed by atoms with E-state index in [4.69, 9.17) is 0 Å². The monoisotopic (exact) mass is 242 g/mol. The number of imidazole rings is 1. The molecule has 1 unspecified atom stereocenters. The zero-order chi connectivity index (χ0) is 9.42. The SMILES string of the molecule is Cc1nc(CBr)c2n1CCCC2C. The number of hydrogen-bond acceptors (Lipinski definition) is 1. The fraction of sp³-hybridized carbons (Fsp3) is 0.700. The third kappa shape index (κ3) is 1.43. The maximum absolute atomic E-state index is 4.58. The van der Waals surface area contributed by atoms with Crippen LogP contribution in [-0.4, -0.2) is 9.55 Å². The molecule has 0 fully saturated rings. The second kappa shape index (κ2) is 3.45. The molecule has 1 aliphatic rings. The van der Waals surface area contributed by atoms with Gasteiger partial charge in [-0.3, -0.25) is 0 Å². The van der Waals surface area contributed by atoms with E-state index in [0.29, 0.717) is 5.92 Å². The van der Waals surface area contributed by atoms with Gasteiger partial charge in [-0.1, -0.05) is 22.9 Å². The Morgan fingerprint density at radius 2 is 2.38 bits per heavy atom. The molecule has 0 aromatic carbocycles. The number of hydrogen-bond donors (Lipinski definition) is 0. The summed E-state index contributed by atoms with van der Waals surface area (Å²) >= 11 is 3.50. The van der Waals surface area contributed by atoms with Crippen LogP contribution in [0.3, 0.4) is 0 Å². The van der Waals surface area contributed by atoms with E-state index >= 15 is 0 Å². The molecule has 72 valence electrons. The van der Waals surface area contributed by atoms with Crippen LogP contribution in [0, 0.1) is 6.92 Å². The summed E-state index contributed by atoms with van der Waals surface area (Å²) in [7, 11) is 0. The van der Waals surface area contributed by atoms with Crippen molar-refractivity contribution in [2.24, 2.45) is 0 Å². The van der Waals surface area contributed by atoms with Crippen molar-refractivity contribution < 1.29 is 0 Å². The summed E-state index contributed by atoms with van der Waals surface area (Å²) < 4.78 is 2.38. The van der Waals surface area contributed by atoms with E-state index in [1.807, 2.05) is 0 Å². The highest BCUT2D eigenvalue weighted by molar-refractivity contribution is 9.08. The van der Waals surface area contributed by atoms with Gasteiger partial charge in [0.1, 0.15) is 5.82 Å². The zero-order valence-electron chi connectivity index (χ0n) is 8.18. The number of fused-ring (bicyclic) bond motifs is 1. The molecule has 2 heterocycles. The van der Waals surface area contributed by atoms with Gasteiger partial charge in [0.2, 0.25) is 0 Å². The van der Waals surface area contributed by atoms with Crippen molar-refractivity contribution in [3.8, 4) is 0 Å². The van der Waals surface area contributed by atoms with Gasteiger partial charge >= 0.3 is 0 Å². The molecule has 2 rings (SSSR count). The first kappa shape index (κ1) is 9.25. The van der Waals surface area contributed by atoms with E-state index in [2.05, 4.69) is 39.3 Å². The molecule has 0 N–H and O–H groups in total. The quantitative estimate of drug-likeness (QED) is 0.693. The number of alkyl halides is 1. The van der Waals surface area contributed by atoms with E-state index in [-0.39, 0.29) is 0 Å². The molecular formula is C10H15BrN2. The van der Waals surface area contributed by atoms with Gasteiger partial charge in [-0.25, -0.2) is 4.98 Å². The molecule has 0 saturated heterocycles. The number of halogens is 1. The van der Waals surface area contributed by atoms with Gasteiger partial charge in [0.15, 0.2) is 0 Å². The van der Waals surface area contributed by atoms with Crippen LogP contribution in [0.5, 0.6) is 0 Å². The maximum atomic E-state index is 4.58. The molecule has 0 spiro atoms. The van der Waals surface area contributed by atoms with Crippen LogP contribution in [0.4, 0.5) is 0 Å². The van der Waals surface area contributed by atoms with Crippen molar-refractivity contribution in [3.05, 3.63) is 17.2 Å². The highest BCUT2D eigenvalue weighted by atomic mass is 79.9. The Labute approximate surface area is 87.5 Å². The fourth-order valence-electron chi connectivity index (χ4n) is 2.27. The highest BCUT2D eigenvalue weighted by Crippen LogP contribution is 2.31. The minimum atomic E-state index is 0.683. The summed E-state index contributed by atoms with van der Waals surface area (Å²) in [6.45, 7) is 5.57. The Balaban J connectivity index is 2.52. The molecule has 2 nitrogen and oxygen atoms in total. The molecule has 0 bridgehead atoms. The van der Waals surface area contributed by atoms with E-state index in [1.54, 1.807) is 0 Å². The van der Waals surface area contributed by atoms with Crippen molar-refractivity contribution in [1.29, 1.82) is 0 Å². The lowest BCUT2D eigenvalue weighted by Gasteiger charge is -2.22. The summed E-state index contributed by atoms with van der Waals surface area (Å²) in [5.41, 5.74) is 2.70. The van der Waals surface area contributed by atoms with Gasteiger partial charge in [0, 0.05) is 17.6 Å². The standard InChI is InChI=1S/C10H15BrN2/c1-7-4-3-5-13-8(2)12-9(6-11)10(7)13/h7H,3-6H2,1-2H3. The summed E-state index contributed by atoms with van der Waals surface area (Å²) in [4.78, 5) is 4.58. The number of nitrogens with zero attached hydrogens (tertiary/aromatic N) is 2. The van der Waals surface area contributed by atoms with Crippen molar-refractivity contribution in [2.45, 2.75) is 44.5 Å². The molecule has 1 aromatic heterocycles. The lowest BCUT2D eigenvalue weighted by Crippen LogP contribution is -2.15. The molecular weight excluding hydrogens is 228 g/mol. The second-order valence-corrected chi connectivity index (χ2v) is 4.38. The van der Waals surface area contributed by atoms with Crippen LogP contribution < -0.4 is 0 Å². The summed E-state index contributed by atoms with van der Waals surface area (Å²) in [6, 6.07) is 0. The number of aryl methyl sites for hydroxylation is 1. The first-order chi connectivity index (χ1) is 6.24. The van der Waals surface area contributed by atoms with Crippen LogP contribution >= 0.6 is 15.9 Å². The minimum Gasteiger partial charge on any atom is -0.332 e. The molecule has 1 aromatic rings. The third-order valence-electron chi connectivity index (χ3n) is 2.89. The van der Waals surface area contributed by atoms with Crippen LogP contribution in [0.25, 0.3) is 0 Å². The van der Waals surface area contributed by atoms with Gasteiger partial charge in [-0.2, -0.15) is 0 Å². The van der Waals surface area contributed by atoms with Gasteiger partial charge in [-0.15, -0.1) is 0 Å². The smallest absolute Gasteiger partial charge is 0.106 e. The molecule has 0 saturated carbocycles. The predicted octanol–water partition coefficient (Wildman–Crippen LogP) is 2.98. The van der Waals surface area contributed by atoms with Gasteiger partial charge in [0.25, 0.3) is 0 Å². The largest absolute Gasteiger partial charge is 0.332 e. The average molecular weight is 243 g/mol. The number of aromatic nitrogens is 2. The van der Waals surface area contributed by atoms with Crippen molar-refractivity contribution >= 4 is 15.9 Å². The van der Waals surface area contributed by atoms with Crippen molar-refractivity contribution in [1.82, 2.24) is 9.55 Å². The van der Waals surface area contributed by atoms with Gasteiger partial charge in [-0.05, 0) is 25.7 Å². The second-order valence-electron chi connectivity index (χ2n) is 3.82. The molecule has 1 atom stereocenters. The Hall–Kier alpha value is -0.310. The topological polar surface area (TPSA) is 17.8 Å². The first-order valence-corrected chi connectivity index (χ1v) is 5.98. The molecule has 3 heteroatoms. The van der Waals surface area contributed by atoms with E-state index in [1.165, 1.54) is 30.1 Å². The maximum Gasteiger partial charge on any atom is 0.106 e. The zero-order valence-corrected chi connectivity index (χ0v) is 9.76. The molecule has 0 aliphatic carbocycles. The van der Waals surface area contributed by atoms with Crippen LogP contribution in [0.15, 0.2) is 0 Å². The fourth-order valence-corrected chi connectivity index (χ4v) is 2.68. The van der Waals surface area contributed by atoms with E-state index in [9.17, 15) is 0 Å². The van der Waals surface area contributed by atoms with Gasteiger partial charge < -0.3 is 4.57 Å². The number of rotatable bonds is 1. The summed E-state index contributed by atoms with van der Waals surface area (Å²) in [6.07, 6.45) is 2.61. The Morgan fingerprint density at radius 3 is 3.08 bits per heavy atom. The first-order valence-electron chi connectivity index (χ1n) is 4.86. The molecule has 13 heavy (non-hydrogen) atoms. The normalized spacial score (nSPS) is 21.6. The highest BCUT2D eigenvalue weighted by Gasteiger charge is 2.22. The average Bonchev–Trinajstić information content (AvgIpc) is 2.45. The van der Waals surface area contributed by atoms with Crippen LogP contribution in [0.1, 0.15) is 42.9 Å². The Morgan fingerprint density at radius 1 is 1.62 bits per heavy atom. The third-order valence-corrected chi connectivity index (χ3v) is 3.42. The molecule has 0 amide bonds.